The summed E-state index contributed by atoms with van der Waals surface area (Å²) < 4.78 is 40.1. The van der Waals surface area contributed by atoms with Crippen LogP contribution in [0.3, 0.4) is 0 Å². The van der Waals surface area contributed by atoms with Crippen molar-refractivity contribution in [2.75, 3.05) is 25.0 Å². The first-order valence-corrected chi connectivity index (χ1v) is 9.90. The van der Waals surface area contributed by atoms with Gasteiger partial charge in [0.1, 0.15) is 0 Å². The Morgan fingerprint density at radius 3 is 2.61 bits per heavy atom. The van der Waals surface area contributed by atoms with Gasteiger partial charge in [0.05, 0.1) is 17.2 Å². The SMILES string of the molecule is C[C@@H]1CN(c2ccc(C#N)c(C(F)(F)F)c2)[C@@H](C)CN1C(=O)N(C)Cc1cccnc1. The van der Waals surface area contributed by atoms with Crippen LogP contribution in [0.15, 0.2) is 42.7 Å². The highest BCUT2D eigenvalue weighted by atomic mass is 19.4. The van der Waals surface area contributed by atoms with Gasteiger partial charge in [0.2, 0.25) is 0 Å². The maximum absolute atomic E-state index is 13.4. The van der Waals surface area contributed by atoms with Crippen molar-refractivity contribution >= 4 is 11.7 Å². The van der Waals surface area contributed by atoms with Crippen LogP contribution in [-0.2, 0) is 12.7 Å². The lowest BCUT2D eigenvalue weighted by Crippen LogP contribution is -2.60. The Morgan fingerprint density at radius 2 is 2.00 bits per heavy atom. The zero-order chi connectivity index (χ0) is 22.8. The number of pyridine rings is 1. The molecule has 6 nitrogen and oxygen atoms in total. The van der Waals surface area contributed by atoms with Crippen LogP contribution in [0, 0.1) is 11.3 Å². The Labute approximate surface area is 179 Å². The number of rotatable bonds is 3. The number of hydrogen-bond acceptors (Lipinski definition) is 4. The summed E-state index contributed by atoms with van der Waals surface area (Å²) in [6.45, 7) is 4.93. The number of urea groups is 1. The summed E-state index contributed by atoms with van der Waals surface area (Å²) in [6.07, 6.45) is -1.23. The third-order valence-corrected chi connectivity index (χ3v) is 5.46. The van der Waals surface area contributed by atoms with Crippen LogP contribution in [0.1, 0.15) is 30.5 Å². The van der Waals surface area contributed by atoms with Gasteiger partial charge in [-0.3, -0.25) is 4.98 Å². The Kier molecular flexibility index (Phi) is 6.39. The van der Waals surface area contributed by atoms with Gasteiger partial charge in [-0.05, 0) is 43.7 Å². The van der Waals surface area contributed by atoms with E-state index in [-0.39, 0.29) is 18.1 Å². The number of benzene rings is 1. The van der Waals surface area contributed by atoms with E-state index in [4.69, 9.17) is 5.26 Å². The normalized spacial score (nSPS) is 19.1. The third-order valence-electron chi connectivity index (χ3n) is 5.46. The van der Waals surface area contributed by atoms with Gasteiger partial charge in [-0.15, -0.1) is 0 Å². The van der Waals surface area contributed by atoms with Gasteiger partial charge in [0.15, 0.2) is 0 Å². The van der Waals surface area contributed by atoms with Crippen LogP contribution in [-0.4, -0.2) is 53.0 Å². The molecule has 9 heteroatoms. The fraction of sp³-hybridized carbons (Fsp3) is 0.409. The van der Waals surface area contributed by atoms with Crippen LogP contribution in [0.2, 0.25) is 0 Å². The van der Waals surface area contributed by atoms with Crippen molar-refractivity contribution in [1.29, 1.82) is 5.26 Å². The van der Waals surface area contributed by atoms with Gasteiger partial charge in [-0.2, -0.15) is 18.4 Å². The number of alkyl halides is 3. The lowest BCUT2D eigenvalue weighted by molar-refractivity contribution is -0.137. The Morgan fingerprint density at radius 1 is 1.26 bits per heavy atom. The number of anilines is 1. The number of hydrogen-bond donors (Lipinski definition) is 0. The molecule has 0 aliphatic carbocycles. The van der Waals surface area contributed by atoms with Gasteiger partial charge >= 0.3 is 12.2 Å². The van der Waals surface area contributed by atoms with Gasteiger partial charge in [0, 0.05) is 56.8 Å². The van der Waals surface area contributed by atoms with Crippen molar-refractivity contribution in [2.45, 2.75) is 38.7 Å². The van der Waals surface area contributed by atoms with Crippen molar-refractivity contribution in [3.8, 4) is 6.07 Å². The van der Waals surface area contributed by atoms with Crippen LogP contribution in [0.4, 0.5) is 23.7 Å². The maximum Gasteiger partial charge on any atom is 0.417 e. The molecule has 0 saturated carbocycles. The number of carbonyl (C=O) groups excluding carboxylic acids is 1. The Bertz CT molecular complexity index is 973. The number of piperazine rings is 1. The summed E-state index contributed by atoms with van der Waals surface area (Å²) in [5, 5.41) is 9.01. The second-order valence-electron chi connectivity index (χ2n) is 7.84. The lowest BCUT2D eigenvalue weighted by Gasteiger charge is -2.46. The molecule has 1 fully saturated rings. The molecule has 0 bridgehead atoms. The molecule has 2 amide bonds. The first-order chi connectivity index (χ1) is 14.6. The first-order valence-electron chi connectivity index (χ1n) is 9.90. The third kappa shape index (κ3) is 4.90. The van der Waals surface area contributed by atoms with Crippen molar-refractivity contribution in [3.63, 3.8) is 0 Å². The van der Waals surface area contributed by atoms with E-state index in [2.05, 4.69) is 4.98 Å². The standard InChI is InChI=1S/C22H24F3N5O/c1-15-13-30(21(31)28(3)14-17-5-4-8-27-11-17)16(2)12-29(15)19-7-6-18(10-26)20(9-19)22(23,24)25/h4-9,11,15-16H,12-14H2,1-3H3/t15-,16+/m0/s1. The van der Waals surface area contributed by atoms with E-state index in [0.717, 1.165) is 11.6 Å². The molecule has 2 heterocycles. The highest BCUT2D eigenvalue weighted by Gasteiger charge is 2.37. The number of aromatic nitrogens is 1. The molecular formula is C22H24F3N5O. The highest BCUT2D eigenvalue weighted by Crippen LogP contribution is 2.35. The van der Waals surface area contributed by atoms with Crippen molar-refractivity contribution in [3.05, 3.63) is 59.4 Å². The first kappa shape index (κ1) is 22.4. The van der Waals surface area contributed by atoms with Crippen LogP contribution >= 0.6 is 0 Å². The van der Waals surface area contributed by atoms with E-state index in [1.54, 1.807) is 35.3 Å². The molecule has 31 heavy (non-hydrogen) atoms. The quantitative estimate of drug-likeness (QED) is 0.733. The minimum Gasteiger partial charge on any atom is -0.365 e. The summed E-state index contributed by atoms with van der Waals surface area (Å²) in [6, 6.07) is 8.53. The molecule has 0 unspecified atom stereocenters. The molecule has 3 rings (SSSR count). The zero-order valence-electron chi connectivity index (χ0n) is 17.6. The number of halogens is 3. The van der Waals surface area contributed by atoms with Crippen LogP contribution in [0.5, 0.6) is 0 Å². The van der Waals surface area contributed by atoms with Crippen LogP contribution < -0.4 is 4.90 Å². The molecule has 0 radical (unpaired) electrons. The summed E-state index contributed by atoms with van der Waals surface area (Å²) in [5.41, 5.74) is -0.0405. The number of carbonyl (C=O) groups is 1. The monoisotopic (exact) mass is 431 g/mol. The largest absolute Gasteiger partial charge is 0.417 e. The molecule has 1 aliphatic rings. The molecule has 2 atom stereocenters. The predicted molar refractivity (Wildman–Crippen MR) is 110 cm³/mol. The predicted octanol–water partition coefficient (Wildman–Crippen LogP) is 4.12. The van der Waals surface area contributed by atoms with Crippen molar-refractivity contribution < 1.29 is 18.0 Å². The van der Waals surface area contributed by atoms with E-state index in [1.807, 2.05) is 30.9 Å². The Hall–Kier alpha value is -3.28. The minimum atomic E-state index is -4.61. The van der Waals surface area contributed by atoms with E-state index in [0.29, 0.717) is 25.3 Å². The molecule has 1 aliphatic heterocycles. The highest BCUT2D eigenvalue weighted by molar-refractivity contribution is 5.75. The van der Waals surface area contributed by atoms with Gasteiger partial charge < -0.3 is 14.7 Å². The average Bonchev–Trinajstić information content (AvgIpc) is 2.74. The zero-order valence-corrected chi connectivity index (χ0v) is 17.6. The molecule has 1 aromatic heterocycles. The topological polar surface area (TPSA) is 63.5 Å². The fourth-order valence-corrected chi connectivity index (χ4v) is 3.85. The second-order valence-corrected chi connectivity index (χ2v) is 7.84. The van der Waals surface area contributed by atoms with Gasteiger partial charge in [-0.25, -0.2) is 4.79 Å². The number of amides is 2. The van der Waals surface area contributed by atoms with Crippen molar-refractivity contribution in [1.82, 2.24) is 14.8 Å². The number of nitrogens with zero attached hydrogens (tertiary/aromatic N) is 5. The minimum absolute atomic E-state index is 0.140. The molecule has 0 spiro atoms. The van der Waals surface area contributed by atoms with E-state index < -0.39 is 17.3 Å². The van der Waals surface area contributed by atoms with Crippen molar-refractivity contribution in [2.24, 2.45) is 0 Å². The maximum atomic E-state index is 13.4. The molecule has 1 aromatic carbocycles. The summed E-state index contributed by atoms with van der Waals surface area (Å²) in [7, 11) is 1.72. The average molecular weight is 431 g/mol. The van der Waals surface area contributed by atoms with E-state index in [1.165, 1.54) is 12.1 Å². The molecular weight excluding hydrogens is 407 g/mol. The Balaban J connectivity index is 1.75. The molecule has 1 saturated heterocycles. The summed E-state index contributed by atoms with van der Waals surface area (Å²) in [5.74, 6) is 0. The van der Waals surface area contributed by atoms with E-state index in [9.17, 15) is 18.0 Å². The van der Waals surface area contributed by atoms with Gasteiger partial charge in [0.25, 0.3) is 0 Å². The fourth-order valence-electron chi connectivity index (χ4n) is 3.85. The summed E-state index contributed by atoms with van der Waals surface area (Å²) in [4.78, 5) is 22.3. The lowest BCUT2D eigenvalue weighted by atomic mass is 10.0. The molecule has 2 aromatic rings. The van der Waals surface area contributed by atoms with E-state index >= 15 is 0 Å². The molecule has 164 valence electrons. The smallest absolute Gasteiger partial charge is 0.365 e. The van der Waals surface area contributed by atoms with Crippen LogP contribution in [0.25, 0.3) is 0 Å². The second kappa shape index (κ2) is 8.84. The molecule has 0 N–H and O–H groups in total. The van der Waals surface area contributed by atoms with Gasteiger partial charge in [-0.1, -0.05) is 6.07 Å². The summed E-state index contributed by atoms with van der Waals surface area (Å²) >= 11 is 0. The number of nitriles is 1.